The number of esters is 1. The van der Waals surface area contributed by atoms with Crippen LogP contribution in [0.2, 0.25) is 0 Å². The summed E-state index contributed by atoms with van der Waals surface area (Å²) in [6.45, 7) is 7.02. The van der Waals surface area contributed by atoms with Crippen LogP contribution in [-0.2, 0) is 14.3 Å². The van der Waals surface area contributed by atoms with Crippen molar-refractivity contribution in [2.75, 3.05) is 11.9 Å². The van der Waals surface area contributed by atoms with Gasteiger partial charge in [0.1, 0.15) is 6.04 Å². The second-order valence-corrected chi connectivity index (χ2v) is 7.09. The monoisotopic (exact) mass is 382 g/mol. The van der Waals surface area contributed by atoms with E-state index in [4.69, 9.17) is 4.74 Å². The Morgan fingerprint density at radius 3 is 2.25 bits per heavy atom. The number of hydrogen-bond acceptors (Lipinski definition) is 4. The Kier molecular flexibility index (Phi) is 7.32. The minimum atomic E-state index is -0.847. The van der Waals surface area contributed by atoms with E-state index in [0.717, 1.165) is 11.1 Å². The summed E-state index contributed by atoms with van der Waals surface area (Å²) in [4.78, 5) is 36.8. The van der Waals surface area contributed by atoms with Gasteiger partial charge in [-0.1, -0.05) is 49.2 Å². The number of rotatable bonds is 7. The Balaban J connectivity index is 1.92. The van der Waals surface area contributed by atoms with E-state index >= 15 is 0 Å². The Hall–Kier alpha value is -3.15. The highest BCUT2D eigenvalue weighted by atomic mass is 16.5. The molecule has 28 heavy (non-hydrogen) atoms. The minimum absolute atomic E-state index is 0.193. The zero-order chi connectivity index (χ0) is 20.7. The highest BCUT2D eigenvalue weighted by Crippen LogP contribution is 2.10. The maximum Gasteiger partial charge on any atom is 0.329 e. The van der Waals surface area contributed by atoms with Gasteiger partial charge >= 0.3 is 5.97 Å². The molecule has 1 unspecified atom stereocenters. The molecule has 6 heteroatoms. The number of aryl methyl sites for hydroxylation is 2. The third-order valence-electron chi connectivity index (χ3n) is 4.17. The van der Waals surface area contributed by atoms with Crippen molar-refractivity contribution in [3.63, 3.8) is 0 Å². The molecule has 0 bridgehead atoms. The molecule has 2 aromatic rings. The number of benzene rings is 2. The molecule has 0 aromatic heterocycles. The first-order valence-electron chi connectivity index (χ1n) is 9.17. The van der Waals surface area contributed by atoms with Gasteiger partial charge in [-0.05, 0) is 44.0 Å². The van der Waals surface area contributed by atoms with Crippen LogP contribution in [0.5, 0.6) is 0 Å². The third-order valence-corrected chi connectivity index (χ3v) is 4.17. The molecular formula is C22H26N2O4. The fourth-order valence-corrected chi connectivity index (χ4v) is 2.57. The SMILES string of the molecule is Cc1ccc(NC(=O)COC(=O)C(NC(=O)c2cccc(C)c2)C(C)C)cc1. The standard InChI is InChI=1S/C22H26N2O4/c1-14(2)20(24-21(26)17-7-5-6-16(4)12-17)22(27)28-13-19(25)23-18-10-8-15(3)9-11-18/h5-12,14,20H,13H2,1-4H3,(H,23,25)(H,24,26). The molecule has 0 aliphatic rings. The maximum absolute atomic E-state index is 12.4. The van der Waals surface area contributed by atoms with Crippen molar-refractivity contribution in [2.45, 2.75) is 33.7 Å². The highest BCUT2D eigenvalue weighted by Gasteiger charge is 2.26. The molecule has 0 fully saturated rings. The number of amides is 2. The first-order chi connectivity index (χ1) is 13.3. The van der Waals surface area contributed by atoms with Gasteiger partial charge in [-0.25, -0.2) is 4.79 Å². The second-order valence-electron chi connectivity index (χ2n) is 7.09. The lowest BCUT2D eigenvalue weighted by molar-refractivity contribution is -0.150. The predicted octanol–water partition coefficient (Wildman–Crippen LogP) is 3.24. The van der Waals surface area contributed by atoms with Crippen LogP contribution in [0.3, 0.4) is 0 Å². The van der Waals surface area contributed by atoms with E-state index in [-0.39, 0.29) is 11.8 Å². The number of carbonyl (C=O) groups excluding carboxylic acids is 3. The van der Waals surface area contributed by atoms with Gasteiger partial charge in [-0.15, -0.1) is 0 Å². The molecule has 6 nitrogen and oxygen atoms in total. The van der Waals surface area contributed by atoms with Crippen molar-refractivity contribution < 1.29 is 19.1 Å². The maximum atomic E-state index is 12.4. The summed E-state index contributed by atoms with van der Waals surface area (Å²) in [5.74, 6) is -1.63. The quantitative estimate of drug-likeness (QED) is 0.720. The highest BCUT2D eigenvalue weighted by molar-refractivity contribution is 5.97. The van der Waals surface area contributed by atoms with Gasteiger partial charge in [-0.2, -0.15) is 0 Å². The summed E-state index contributed by atoms with van der Waals surface area (Å²) in [6, 6.07) is 13.5. The van der Waals surface area contributed by atoms with Gasteiger partial charge in [0.25, 0.3) is 11.8 Å². The summed E-state index contributed by atoms with van der Waals surface area (Å²) in [5.41, 5.74) is 3.12. The van der Waals surface area contributed by atoms with Crippen LogP contribution >= 0.6 is 0 Å². The van der Waals surface area contributed by atoms with Crippen LogP contribution < -0.4 is 10.6 Å². The van der Waals surface area contributed by atoms with Crippen molar-refractivity contribution in [1.29, 1.82) is 0 Å². The van der Waals surface area contributed by atoms with Crippen molar-refractivity contribution in [3.05, 3.63) is 65.2 Å². The molecule has 0 saturated carbocycles. The topological polar surface area (TPSA) is 84.5 Å². The van der Waals surface area contributed by atoms with E-state index in [1.165, 1.54) is 0 Å². The molecule has 0 saturated heterocycles. The zero-order valence-corrected chi connectivity index (χ0v) is 16.6. The van der Waals surface area contributed by atoms with E-state index in [9.17, 15) is 14.4 Å². The fraction of sp³-hybridized carbons (Fsp3) is 0.318. The Bertz CT molecular complexity index is 844. The molecule has 0 heterocycles. The molecule has 148 valence electrons. The average molecular weight is 382 g/mol. The van der Waals surface area contributed by atoms with Crippen LogP contribution in [0.4, 0.5) is 5.69 Å². The largest absolute Gasteiger partial charge is 0.454 e. The van der Waals surface area contributed by atoms with Crippen LogP contribution in [0.1, 0.15) is 35.3 Å². The van der Waals surface area contributed by atoms with Crippen molar-refractivity contribution >= 4 is 23.5 Å². The lowest BCUT2D eigenvalue weighted by atomic mass is 10.0. The van der Waals surface area contributed by atoms with Crippen molar-refractivity contribution in [2.24, 2.45) is 5.92 Å². The lowest BCUT2D eigenvalue weighted by Crippen LogP contribution is -2.45. The first-order valence-corrected chi connectivity index (χ1v) is 9.17. The predicted molar refractivity (Wildman–Crippen MR) is 108 cm³/mol. The van der Waals surface area contributed by atoms with Gasteiger partial charge in [0.2, 0.25) is 0 Å². The van der Waals surface area contributed by atoms with Gasteiger partial charge in [-0.3, -0.25) is 9.59 Å². The normalized spacial score (nSPS) is 11.6. The average Bonchev–Trinajstić information content (AvgIpc) is 2.65. The first kappa shape index (κ1) is 21.2. The lowest BCUT2D eigenvalue weighted by Gasteiger charge is -2.21. The van der Waals surface area contributed by atoms with Crippen LogP contribution in [-0.4, -0.2) is 30.4 Å². The van der Waals surface area contributed by atoms with Crippen LogP contribution in [0.15, 0.2) is 48.5 Å². The van der Waals surface area contributed by atoms with Gasteiger partial charge in [0.05, 0.1) is 0 Å². The summed E-state index contributed by atoms with van der Waals surface area (Å²) in [6.07, 6.45) is 0. The number of ether oxygens (including phenoxy) is 1. The van der Waals surface area contributed by atoms with E-state index in [1.807, 2.05) is 32.0 Å². The number of carbonyl (C=O) groups is 3. The van der Waals surface area contributed by atoms with E-state index in [1.54, 1.807) is 44.2 Å². The summed E-state index contributed by atoms with van der Waals surface area (Å²) in [5, 5.41) is 5.36. The Morgan fingerprint density at radius 1 is 0.964 bits per heavy atom. The molecule has 1 atom stereocenters. The summed E-state index contributed by atoms with van der Waals surface area (Å²) >= 11 is 0. The van der Waals surface area contributed by atoms with Gasteiger partial charge < -0.3 is 15.4 Å². The van der Waals surface area contributed by atoms with Crippen molar-refractivity contribution in [1.82, 2.24) is 5.32 Å². The van der Waals surface area contributed by atoms with Crippen LogP contribution in [0, 0.1) is 19.8 Å². The smallest absolute Gasteiger partial charge is 0.329 e. The van der Waals surface area contributed by atoms with Gasteiger partial charge in [0, 0.05) is 11.3 Å². The molecule has 0 radical (unpaired) electrons. The molecular weight excluding hydrogens is 356 g/mol. The fourth-order valence-electron chi connectivity index (χ4n) is 2.57. The molecule has 2 amide bonds. The number of nitrogens with one attached hydrogen (secondary N) is 2. The molecule has 0 aliphatic heterocycles. The van der Waals surface area contributed by atoms with Gasteiger partial charge in [0.15, 0.2) is 6.61 Å². The van der Waals surface area contributed by atoms with E-state index in [2.05, 4.69) is 10.6 Å². The molecule has 0 spiro atoms. The minimum Gasteiger partial charge on any atom is -0.454 e. The van der Waals surface area contributed by atoms with E-state index in [0.29, 0.717) is 11.3 Å². The molecule has 2 aromatic carbocycles. The summed E-state index contributed by atoms with van der Waals surface area (Å²) < 4.78 is 5.12. The molecule has 2 rings (SSSR count). The Labute approximate surface area is 165 Å². The number of hydrogen-bond donors (Lipinski definition) is 2. The number of anilines is 1. The zero-order valence-electron chi connectivity index (χ0n) is 16.6. The van der Waals surface area contributed by atoms with Crippen LogP contribution in [0.25, 0.3) is 0 Å². The van der Waals surface area contributed by atoms with Crippen molar-refractivity contribution in [3.8, 4) is 0 Å². The Morgan fingerprint density at radius 2 is 1.64 bits per heavy atom. The van der Waals surface area contributed by atoms with E-state index < -0.39 is 24.5 Å². The molecule has 0 aliphatic carbocycles. The third kappa shape index (κ3) is 6.23. The second kappa shape index (κ2) is 9.69. The summed E-state index contributed by atoms with van der Waals surface area (Å²) in [7, 11) is 0. The molecule has 2 N–H and O–H groups in total.